The van der Waals surface area contributed by atoms with Crippen LogP contribution in [0.15, 0.2) is 175 Å². The standard InChI is InChI=1S/C45H48N4/c1-6-39-34(2)20-10-9-19-29-49(44(39)43(36-23-13-8-14-24-36)48(5)33-35-21-11-7-12-22-35)47-32-38(31-46-4)45(3)30-37-25-15-16-26-40(37)41-27-17-18-28-42(41)45/h6-28,31,46-47H,2,29-30,32-33H2,1,3-5H3/b19-9-,20-10-,38-31+,39-6-,44-43+. The highest BCUT2D eigenvalue weighted by Gasteiger charge is 2.38. The van der Waals surface area contributed by atoms with E-state index in [1.54, 1.807) is 0 Å². The Labute approximate surface area is 293 Å². The van der Waals surface area contributed by atoms with Crippen LogP contribution in [-0.4, -0.2) is 37.1 Å². The maximum atomic E-state index is 4.55. The fourth-order valence-corrected chi connectivity index (χ4v) is 7.35. The largest absolute Gasteiger partial charge is 0.394 e. The van der Waals surface area contributed by atoms with Crippen molar-refractivity contribution in [1.82, 2.24) is 20.7 Å². The van der Waals surface area contributed by atoms with Gasteiger partial charge in [0.05, 0.1) is 17.9 Å². The summed E-state index contributed by atoms with van der Waals surface area (Å²) in [5.41, 5.74) is 17.1. The highest BCUT2D eigenvalue weighted by molar-refractivity contribution is 5.77. The van der Waals surface area contributed by atoms with Gasteiger partial charge in [-0.25, -0.2) is 5.43 Å². The highest BCUT2D eigenvalue weighted by Crippen LogP contribution is 2.46. The number of allylic oxidation sites excluding steroid dienone is 5. The molecule has 0 aromatic heterocycles. The number of rotatable bonds is 9. The van der Waals surface area contributed by atoms with Gasteiger partial charge in [-0.2, -0.15) is 0 Å². The van der Waals surface area contributed by atoms with Gasteiger partial charge in [0, 0.05) is 38.2 Å². The lowest BCUT2D eigenvalue weighted by Crippen LogP contribution is -2.44. The summed E-state index contributed by atoms with van der Waals surface area (Å²) >= 11 is 0. The zero-order valence-corrected chi connectivity index (χ0v) is 29.3. The number of hydrogen-bond acceptors (Lipinski definition) is 4. The predicted octanol–water partition coefficient (Wildman–Crippen LogP) is 9.21. The lowest BCUT2D eigenvalue weighted by Gasteiger charge is -2.41. The van der Waals surface area contributed by atoms with Gasteiger partial charge in [0.15, 0.2) is 0 Å². The van der Waals surface area contributed by atoms with E-state index in [2.05, 4.69) is 194 Å². The molecule has 1 unspecified atom stereocenters. The molecule has 2 aliphatic rings. The molecule has 0 bridgehead atoms. The van der Waals surface area contributed by atoms with Gasteiger partial charge >= 0.3 is 0 Å². The molecule has 248 valence electrons. The summed E-state index contributed by atoms with van der Waals surface area (Å²) in [6.07, 6.45) is 13.8. The topological polar surface area (TPSA) is 30.5 Å². The minimum absolute atomic E-state index is 0.221. The van der Waals surface area contributed by atoms with E-state index in [-0.39, 0.29) is 5.41 Å². The van der Waals surface area contributed by atoms with Crippen LogP contribution in [0.25, 0.3) is 16.8 Å². The van der Waals surface area contributed by atoms with E-state index in [1.807, 2.05) is 7.05 Å². The molecule has 0 amide bonds. The normalized spacial score (nSPS) is 20.7. The zero-order chi connectivity index (χ0) is 34.2. The van der Waals surface area contributed by atoms with Crippen LogP contribution in [0.1, 0.15) is 36.1 Å². The Morgan fingerprint density at radius 2 is 1.55 bits per heavy atom. The summed E-state index contributed by atoms with van der Waals surface area (Å²) in [6, 6.07) is 39.2. The van der Waals surface area contributed by atoms with Crippen LogP contribution in [0, 0.1) is 0 Å². The van der Waals surface area contributed by atoms with Gasteiger partial charge in [-0.3, -0.25) is 0 Å². The van der Waals surface area contributed by atoms with Crippen molar-refractivity contribution < 1.29 is 0 Å². The van der Waals surface area contributed by atoms with Gasteiger partial charge in [-0.15, -0.1) is 0 Å². The molecule has 4 aromatic rings. The molecular formula is C45H48N4. The first kappa shape index (κ1) is 33.6. The molecule has 49 heavy (non-hydrogen) atoms. The second-order valence-corrected chi connectivity index (χ2v) is 13.0. The number of nitrogens with zero attached hydrogens (tertiary/aromatic N) is 2. The Kier molecular flexibility index (Phi) is 10.5. The van der Waals surface area contributed by atoms with Gasteiger partial charge in [0.25, 0.3) is 0 Å². The first-order valence-corrected chi connectivity index (χ1v) is 17.2. The summed E-state index contributed by atoms with van der Waals surface area (Å²) in [6.45, 7) is 11.1. The van der Waals surface area contributed by atoms with Crippen LogP contribution in [0.2, 0.25) is 0 Å². The lowest BCUT2D eigenvalue weighted by molar-refractivity contribution is 0.276. The van der Waals surface area contributed by atoms with Gasteiger partial charge in [0.2, 0.25) is 0 Å². The zero-order valence-electron chi connectivity index (χ0n) is 29.3. The third-order valence-corrected chi connectivity index (χ3v) is 9.77. The average molecular weight is 645 g/mol. The van der Waals surface area contributed by atoms with E-state index in [9.17, 15) is 0 Å². The summed E-state index contributed by atoms with van der Waals surface area (Å²) in [7, 11) is 4.19. The van der Waals surface area contributed by atoms with Crippen LogP contribution in [0.3, 0.4) is 0 Å². The Balaban J connectivity index is 1.46. The molecule has 4 aromatic carbocycles. The van der Waals surface area contributed by atoms with Crippen molar-refractivity contribution in [1.29, 1.82) is 0 Å². The molecule has 4 heteroatoms. The lowest BCUT2D eigenvalue weighted by atomic mass is 9.65. The Morgan fingerprint density at radius 3 is 2.29 bits per heavy atom. The third kappa shape index (κ3) is 7.11. The van der Waals surface area contributed by atoms with E-state index < -0.39 is 0 Å². The number of nitrogens with one attached hydrogen (secondary N) is 2. The molecule has 1 aliphatic heterocycles. The Hall–Kier alpha value is -5.32. The van der Waals surface area contributed by atoms with Crippen molar-refractivity contribution in [3.63, 3.8) is 0 Å². The maximum Gasteiger partial charge on any atom is 0.0838 e. The molecule has 1 heterocycles. The van der Waals surface area contributed by atoms with E-state index in [0.717, 1.165) is 41.1 Å². The first-order chi connectivity index (χ1) is 23.9. The minimum atomic E-state index is -0.221. The number of fused-ring (bicyclic) bond motifs is 3. The van der Waals surface area contributed by atoms with Crippen LogP contribution in [0.5, 0.6) is 0 Å². The molecule has 0 fully saturated rings. The van der Waals surface area contributed by atoms with Gasteiger partial charge in [-0.1, -0.05) is 153 Å². The molecule has 2 N–H and O–H groups in total. The smallest absolute Gasteiger partial charge is 0.0838 e. The van der Waals surface area contributed by atoms with Crippen molar-refractivity contribution in [3.05, 3.63) is 197 Å². The molecule has 0 radical (unpaired) electrons. The molecule has 1 atom stereocenters. The fraction of sp³-hybridized carbons (Fsp3) is 0.200. The Bertz CT molecular complexity index is 1930. The van der Waals surface area contributed by atoms with Crippen molar-refractivity contribution >= 4 is 5.70 Å². The van der Waals surface area contributed by atoms with Crippen LogP contribution in [-0.2, 0) is 18.4 Å². The predicted molar refractivity (Wildman–Crippen MR) is 207 cm³/mol. The second kappa shape index (κ2) is 15.3. The minimum Gasteiger partial charge on any atom is -0.394 e. The quantitative estimate of drug-likeness (QED) is 0.190. The van der Waals surface area contributed by atoms with Gasteiger partial charge < -0.3 is 15.2 Å². The highest BCUT2D eigenvalue weighted by atomic mass is 15.5. The number of benzene rings is 4. The van der Waals surface area contributed by atoms with Crippen LogP contribution in [0.4, 0.5) is 0 Å². The Morgan fingerprint density at radius 1 is 0.878 bits per heavy atom. The van der Waals surface area contributed by atoms with Crippen molar-refractivity contribution in [2.75, 3.05) is 27.2 Å². The van der Waals surface area contributed by atoms with E-state index in [0.29, 0.717) is 13.1 Å². The van der Waals surface area contributed by atoms with Gasteiger partial charge in [-0.05, 0) is 64.1 Å². The summed E-state index contributed by atoms with van der Waals surface area (Å²) in [5, 5.41) is 5.73. The summed E-state index contributed by atoms with van der Waals surface area (Å²) in [5.74, 6) is 0. The monoisotopic (exact) mass is 644 g/mol. The van der Waals surface area contributed by atoms with Crippen molar-refractivity contribution in [2.45, 2.75) is 32.2 Å². The molecule has 0 saturated carbocycles. The number of hydrogen-bond donors (Lipinski definition) is 2. The van der Waals surface area contributed by atoms with Crippen LogP contribution < -0.4 is 10.7 Å². The first-order valence-electron chi connectivity index (χ1n) is 17.2. The molecule has 1 aliphatic carbocycles. The maximum absolute atomic E-state index is 4.55. The molecule has 0 spiro atoms. The number of hydrazine groups is 1. The molecule has 0 saturated heterocycles. The van der Waals surface area contributed by atoms with E-state index >= 15 is 0 Å². The van der Waals surface area contributed by atoms with Crippen molar-refractivity contribution in [2.24, 2.45) is 0 Å². The summed E-state index contributed by atoms with van der Waals surface area (Å²) in [4.78, 5) is 2.37. The molecule has 6 rings (SSSR count). The fourth-order valence-electron chi connectivity index (χ4n) is 7.35. The average Bonchev–Trinajstić information content (AvgIpc) is 3.20. The molecular weight excluding hydrogens is 597 g/mol. The second-order valence-electron chi connectivity index (χ2n) is 13.0. The summed E-state index contributed by atoms with van der Waals surface area (Å²) < 4.78 is 0. The third-order valence-electron chi connectivity index (χ3n) is 9.77. The molecule has 4 nitrogen and oxygen atoms in total. The van der Waals surface area contributed by atoms with Gasteiger partial charge in [0.1, 0.15) is 0 Å². The van der Waals surface area contributed by atoms with E-state index in [1.165, 1.54) is 33.4 Å². The van der Waals surface area contributed by atoms with Crippen LogP contribution >= 0.6 is 0 Å². The van der Waals surface area contributed by atoms with Crippen molar-refractivity contribution in [3.8, 4) is 11.1 Å². The SMILES string of the molecule is C=C1/C=C\C=C/CN(NC/C(=C\NC)C2(C)Cc3ccccc3-c3ccccc32)C(=C(\c2ccccc2)N(C)Cc2ccccc2)/C1=C\C. The van der Waals surface area contributed by atoms with E-state index in [4.69, 9.17) is 0 Å².